The molecule has 1 aromatic carbocycles. The Morgan fingerprint density at radius 2 is 1.97 bits per heavy atom. The van der Waals surface area contributed by atoms with Crippen LogP contribution in [0.3, 0.4) is 0 Å². The third-order valence-electron chi connectivity index (χ3n) is 6.85. The average Bonchev–Trinajstić information content (AvgIpc) is 2.80. The average molecular weight is 409 g/mol. The van der Waals surface area contributed by atoms with E-state index in [0.717, 1.165) is 37.7 Å². The van der Waals surface area contributed by atoms with Gasteiger partial charge < -0.3 is 14.7 Å². The van der Waals surface area contributed by atoms with Crippen LogP contribution in [0.15, 0.2) is 48.5 Å². The molecule has 1 aliphatic heterocycles. The largest absolute Gasteiger partial charge is 0.475 e. The summed E-state index contributed by atoms with van der Waals surface area (Å²) in [6.07, 6.45) is 5.52. The van der Waals surface area contributed by atoms with E-state index in [0.29, 0.717) is 24.5 Å². The predicted molar refractivity (Wildman–Crippen MR) is 116 cm³/mol. The predicted octanol–water partition coefficient (Wildman–Crippen LogP) is 4.55. The lowest BCUT2D eigenvalue weighted by molar-refractivity contribution is -0.110. The third kappa shape index (κ3) is 3.95. The zero-order valence-corrected chi connectivity index (χ0v) is 18.0. The van der Waals surface area contributed by atoms with Gasteiger partial charge in [-0.05, 0) is 44.2 Å². The highest BCUT2D eigenvalue weighted by atomic mass is 16.5. The first-order valence-corrected chi connectivity index (χ1v) is 11.3. The summed E-state index contributed by atoms with van der Waals surface area (Å²) in [5.41, 5.74) is 0.513. The smallest absolute Gasteiger partial charge is 0.272 e. The Morgan fingerprint density at radius 1 is 1.20 bits per heavy atom. The molecule has 4 rings (SSSR count). The third-order valence-corrected chi connectivity index (χ3v) is 6.85. The van der Waals surface area contributed by atoms with Crippen molar-refractivity contribution in [3.8, 4) is 5.88 Å². The van der Waals surface area contributed by atoms with E-state index < -0.39 is 5.60 Å². The Labute approximate surface area is 179 Å². The zero-order chi connectivity index (χ0) is 21.1. The Hall–Kier alpha value is -2.40. The molecule has 2 heterocycles. The second-order valence-corrected chi connectivity index (χ2v) is 8.69. The summed E-state index contributed by atoms with van der Waals surface area (Å²) in [6.45, 7) is 4.59. The van der Waals surface area contributed by atoms with E-state index >= 15 is 0 Å². The second-order valence-electron chi connectivity index (χ2n) is 8.69. The summed E-state index contributed by atoms with van der Waals surface area (Å²) < 4.78 is 5.82. The number of pyridine rings is 1. The van der Waals surface area contributed by atoms with Crippen molar-refractivity contribution in [2.75, 3.05) is 6.54 Å². The summed E-state index contributed by atoms with van der Waals surface area (Å²) in [4.78, 5) is 19.9. The molecule has 2 unspecified atom stereocenters. The standard InChI is InChI=1S/C25H32N2O3/c1-3-18(2)30-23-15-9-13-21(26-23)24(28)27-17-16-25(29,19-10-5-4-6-11-19)20-12-7-8-14-22(20)27/h4-6,9-11,13,15,18,20,22,29H,3,7-8,12,14,16-17H2,1-2H3/t18?,20-,22-,25?/m0/s1. The molecule has 5 heteroatoms. The number of nitrogens with zero attached hydrogens (tertiary/aromatic N) is 2. The SMILES string of the molecule is CCC(C)Oc1cccc(C(=O)N2CCC(O)(c3ccccc3)[C@H]3CCCC[C@@H]32)n1. The molecular weight excluding hydrogens is 376 g/mol. The van der Waals surface area contributed by atoms with Crippen molar-refractivity contribution in [3.63, 3.8) is 0 Å². The van der Waals surface area contributed by atoms with Crippen LogP contribution in [-0.2, 0) is 5.60 Å². The maximum atomic E-state index is 13.4. The summed E-state index contributed by atoms with van der Waals surface area (Å²) in [7, 11) is 0. The number of ether oxygens (including phenoxy) is 1. The lowest BCUT2D eigenvalue weighted by Crippen LogP contribution is -2.59. The molecule has 30 heavy (non-hydrogen) atoms. The van der Waals surface area contributed by atoms with Gasteiger partial charge in [-0.15, -0.1) is 0 Å². The summed E-state index contributed by atoms with van der Waals surface area (Å²) in [6, 6.07) is 15.4. The summed E-state index contributed by atoms with van der Waals surface area (Å²) in [5.74, 6) is 0.482. The fourth-order valence-electron chi connectivity index (χ4n) is 5.06. The zero-order valence-electron chi connectivity index (χ0n) is 18.0. The Kier molecular flexibility index (Phi) is 6.09. The molecule has 1 aromatic heterocycles. The first-order chi connectivity index (χ1) is 14.5. The van der Waals surface area contributed by atoms with Gasteiger partial charge in [-0.2, -0.15) is 0 Å². The number of aromatic nitrogens is 1. The van der Waals surface area contributed by atoms with Crippen molar-refractivity contribution >= 4 is 5.91 Å². The number of piperidine rings is 1. The van der Waals surface area contributed by atoms with Crippen molar-refractivity contribution in [1.82, 2.24) is 9.88 Å². The van der Waals surface area contributed by atoms with Gasteiger partial charge in [0.15, 0.2) is 0 Å². The molecule has 1 amide bonds. The molecule has 1 saturated heterocycles. The topological polar surface area (TPSA) is 62.7 Å². The minimum absolute atomic E-state index is 0.0335. The van der Waals surface area contributed by atoms with Crippen LogP contribution >= 0.6 is 0 Å². The lowest BCUT2D eigenvalue weighted by Gasteiger charge is -2.52. The lowest BCUT2D eigenvalue weighted by atomic mass is 9.66. The van der Waals surface area contributed by atoms with Gasteiger partial charge in [0, 0.05) is 24.6 Å². The molecule has 1 aliphatic carbocycles. The number of hydrogen-bond donors (Lipinski definition) is 1. The minimum Gasteiger partial charge on any atom is -0.475 e. The maximum Gasteiger partial charge on any atom is 0.272 e. The monoisotopic (exact) mass is 408 g/mol. The van der Waals surface area contributed by atoms with Gasteiger partial charge in [-0.1, -0.05) is 56.2 Å². The van der Waals surface area contributed by atoms with Crippen LogP contribution in [0.1, 0.15) is 68.4 Å². The van der Waals surface area contributed by atoms with Crippen LogP contribution in [0.5, 0.6) is 5.88 Å². The van der Waals surface area contributed by atoms with Gasteiger partial charge in [0.2, 0.25) is 5.88 Å². The number of carbonyl (C=O) groups is 1. The summed E-state index contributed by atoms with van der Waals surface area (Å²) in [5, 5.41) is 11.7. The van der Waals surface area contributed by atoms with Crippen molar-refractivity contribution < 1.29 is 14.6 Å². The fraction of sp³-hybridized carbons (Fsp3) is 0.520. The highest BCUT2D eigenvalue weighted by molar-refractivity contribution is 5.92. The van der Waals surface area contributed by atoms with Crippen LogP contribution in [0.2, 0.25) is 0 Å². The molecule has 2 aromatic rings. The van der Waals surface area contributed by atoms with Crippen LogP contribution in [0, 0.1) is 5.92 Å². The van der Waals surface area contributed by atoms with E-state index in [1.54, 1.807) is 12.1 Å². The number of carbonyl (C=O) groups excluding carboxylic acids is 1. The second kappa shape index (κ2) is 8.76. The van der Waals surface area contributed by atoms with Crippen LogP contribution in [-0.4, -0.2) is 39.6 Å². The van der Waals surface area contributed by atoms with E-state index in [-0.39, 0.29) is 24.0 Å². The molecule has 1 saturated carbocycles. The highest BCUT2D eigenvalue weighted by Gasteiger charge is 2.50. The van der Waals surface area contributed by atoms with Crippen molar-refractivity contribution in [2.45, 2.75) is 70.1 Å². The number of rotatable bonds is 5. The fourth-order valence-corrected chi connectivity index (χ4v) is 5.06. The molecule has 1 N–H and O–H groups in total. The Bertz CT molecular complexity index is 872. The molecule has 5 nitrogen and oxygen atoms in total. The van der Waals surface area contributed by atoms with E-state index in [1.165, 1.54) is 0 Å². The Balaban J connectivity index is 1.59. The van der Waals surface area contributed by atoms with Gasteiger partial charge in [0.25, 0.3) is 5.91 Å². The van der Waals surface area contributed by atoms with Gasteiger partial charge in [0.1, 0.15) is 5.69 Å². The van der Waals surface area contributed by atoms with Crippen LogP contribution < -0.4 is 4.74 Å². The van der Waals surface area contributed by atoms with Crippen LogP contribution in [0.25, 0.3) is 0 Å². The first kappa shape index (κ1) is 20.9. The number of hydrogen-bond acceptors (Lipinski definition) is 4. The summed E-state index contributed by atoms with van der Waals surface area (Å²) >= 11 is 0. The van der Waals surface area contributed by atoms with Crippen LogP contribution in [0.4, 0.5) is 0 Å². The van der Waals surface area contributed by atoms with Crippen molar-refractivity contribution in [3.05, 3.63) is 59.8 Å². The van der Waals surface area contributed by atoms with E-state index in [1.807, 2.05) is 48.2 Å². The van der Waals surface area contributed by atoms with Gasteiger partial charge in [-0.25, -0.2) is 4.98 Å². The normalized spacial score (nSPS) is 27.2. The number of benzene rings is 1. The first-order valence-electron chi connectivity index (χ1n) is 11.3. The van der Waals surface area contributed by atoms with E-state index in [9.17, 15) is 9.90 Å². The van der Waals surface area contributed by atoms with E-state index in [4.69, 9.17) is 4.74 Å². The molecule has 0 spiro atoms. The number of aliphatic hydroxyl groups is 1. The van der Waals surface area contributed by atoms with Crippen molar-refractivity contribution in [1.29, 1.82) is 0 Å². The Morgan fingerprint density at radius 3 is 2.73 bits per heavy atom. The van der Waals surface area contributed by atoms with E-state index in [2.05, 4.69) is 11.9 Å². The molecule has 2 fully saturated rings. The number of fused-ring (bicyclic) bond motifs is 1. The van der Waals surface area contributed by atoms with Crippen molar-refractivity contribution in [2.24, 2.45) is 5.92 Å². The molecular formula is C25H32N2O3. The minimum atomic E-state index is -0.877. The maximum absolute atomic E-state index is 13.4. The molecule has 0 bridgehead atoms. The molecule has 160 valence electrons. The quantitative estimate of drug-likeness (QED) is 0.788. The molecule has 2 aliphatic rings. The number of amides is 1. The number of likely N-dealkylation sites (tertiary alicyclic amines) is 1. The van der Waals surface area contributed by atoms with Gasteiger partial charge in [-0.3, -0.25) is 4.79 Å². The highest BCUT2D eigenvalue weighted by Crippen LogP contribution is 2.47. The molecule has 0 radical (unpaired) electrons. The van der Waals surface area contributed by atoms with Gasteiger partial charge in [0.05, 0.1) is 11.7 Å². The molecule has 4 atom stereocenters. The van der Waals surface area contributed by atoms with Gasteiger partial charge >= 0.3 is 0 Å².